The van der Waals surface area contributed by atoms with Gasteiger partial charge in [0.05, 0.1) is 11.4 Å². The summed E-state index contributed by atoms with van der Waals surface area (Å²) in [6.07, 6.45) is 11.8. The van der Waals surface area contributed by atoms with Crippen molar-refractivity contribution < 1.29 is 9.90 Å². The van der Waals surface area contributed by atoms with E-state index in [1.54, 1.807) is 30.7 Å². The Morgan fingerprint density at radius 2 is 1.97 bits per heavy atom. The SMILES string of the molecule is CN(Cc1cnccn1)CC1(C)C=CC(C(=O)Nc2cc(-c3ccccc3)ccc2O)=CC1. The van der Waals surface area contributed by atoms with Gasteiger partial charge in [0, 0.05) is 42.7 Å². The number of carbonyl (C=O) groups excluding carboxylic acids is 1. The monoisotopic (exact) mass is 440 g/mol. The van der Waals surface area contributed by atoms with Crippen LogP contribution in [0.2, 0.25) is 0 Å². The molecule has 1 aromatic heterocycles. The zero-order chi connectivity index (χ0) is 23.3. The number of nitrogens with one attached hydrogen (secondary N) is 1. The Kier molecular flexibility index (Phi) is 6.66. The van der Waals surface area contributed by atoms with Crippen LogP contribution in [-0.2, 0) is 11.3 Å². The third-order valence-corrected chi connectivity index (χ3v) is 5.75. The fourth-order valence-electron chi connectivity index (χ4n) is 4.06. The number of carbonyl (C=O) groups is 1. The molecule has 0 aliphatic heterocycles. The molecule has 1 unspecified atom stereocenters. The molecule has 1 amide bonds. The van der Waals surface area contributed by atoms with Crippen molar-refractivity contribution >= 4 is 11.6 Å². The minimum absolute atomic E-state index is 0.0406. The molecule has 4 rings (SSSR count). The number of hydrogen-bond acceptors (Lipinski definition) is 5. The van der Waals surface area contributed by atoms with E-state index in [0.717, 1.165) is 29.8 Å². The lowest BCUT2D eigenvalue weighted by Crippen LogP contribution is -2.33. The summed E-state index contributed by atoms with van der Waals surface area (Å²) in [7, 11) is 2.06. The lowest BCUT2D eigenvalue weighted by molar-refractivity contribution is -0.112. The van der Waals surface area contributed by atoms with Crippen LogP contribution in [0.5, 0.6) is 5.75 Å². The number of amides is 1. The molecule has 1 atom stereocenters. The van der Waals surface area contributed by atoms with Gasteiger partial charge in [-0.15, -0.1) is 0 Å². The molecule has 2 N–H and O–H groups in total. The van der Waals surface area contributed by atoms with Crippen LogP contribution >= 0.6 is 0 Å². The zero-order valence-electron chi connectivity index (χ0n) is 18.9. The van der Waals surface area contributed by atoms with Crippen LogP contribution < -0.4 is 5.32 Å². The zero-order valence-corrected chi connectivity index (χ0v) is 18.9. The standard InChI is InChI=1S/C27H28N4O2/c1-27(19-31(2)18-23-17-28-14-15-29-23)12-10-21(11-13-27)26(33)30-24-16-22(8-9-25(24)32)20-6-4-3-5-7-20/h3-12,14-17,32H,13,18-19H2,1-2H3,(H,30,33). The highest BCUT2D eigenvalue weighted by Crippen LogP contribution is 2.33. The average Bonchev–Trinajstić information content (AvgIpc) is 2.82. The number of hydrogen-bond donors (Lipinski definition) is 2. The Hall–Kier alpha value is -3.77. The summed E-state index contributed by atoms with van der Waals surface area (Å²) in [5.41, 5.74) is 3.77. The summed E-state index contributed by atoms with van der Waals surface area (Å²) >= 11 is 0. The quantitative estimate of drug-likeness (QED) is 0.516. The van der Waals surface area contributed by atoms with E-state index in [1.807, 2.05) is 48.6 Å². The highest BCUT2D eigenvalue weighted by molar-refractivity contribution is 6.06. The predicted molar refractivity (Wildman–Crippen MR) is 130 cm³/mol. The number of nitrogens with zero attached hydrogens (tertiary/aromatic N) is 3. The summed E-state index contributed by atoms with van der Waals surface area (Å²) in [5.74, 6) is -0.194. The lowest BCUT2D eigenvalue weighted by Gasteiger charge is -2.32. The smallest absolute Gasteiger partial charge is 0.255 e. The van der Waals surface area contributed by atoms with Crippen molar-refractivity contribution in [3.05, 3.63) is 96.6 Å². The lowest BCUT2D eigenvalue weighted by atomic mass is 9.81. The molecular formula is C27H28N4O2. The van der Waals surface area contributed by atoms with E-state index >= 15 is 0 Å². The maximum absolute atomic E-state index is 12.9. The Labute approximate surface area is 194 Å². The summed E-state index contributed by atoms with van der Waals surface area (Å²) in [6.45, 7) is 3.72. The van der Waals surface area contributed by atoms with Gasteiger partial charge in [-0.25, -0.2) is 0 Å². The van der Waals surface area contributed by atoms with Crippen molar-refractivity contribution in [2.45, 2.75) is 19.9 Å². The minimum atomic E-state index is -0.235. The van der Waals surface area contributed by atoms with Crippen LogP contribution in [0.1, 0.15) is 19.0 Å². The van der Waals surface area contributed by atoms with Crippen molar-refractivity contribution in [2.75, 3.05) is 18.9 Å². The fraction of sp³-hybridized carbons (Fsp3) is 0.222. The van der Waals surface area contributed by atoms with Gasteiger partial charge >= 0.3 is 0 Å². The molecule has 0 spiro atoms. The number of anilines is 1. The third-order valence-electron chi connectivity index (χ3n) is 5.75. The Morgan fingerprint density at radius 1 is 1.15 bits per heavy atom. The fourth-order valence-corrected chi connectivity index (χ4v) is 4.06. The number of rotatable bonds is 7. The normalized spacial score (nSPS) is 17.6. The largest absolute Gasteiger partial charge is 0.506 e. The summed E-state index contributed by atoms with van der Waals surface area (Å²) in [6, 6.07) is 15.1. The second kappa shape index (κ2) is 9.79. The molecule has 6 nitrogen and oxygen atoms in total. The molecule has 0 radical (unpaired) electrons. The molecule has 1 aliphatic carbocycles. The average molecular weight is 441 g/mol. The van der Waals surface area contributed by atoms with Crippen LogP contribution in [0.3, 0.4) is 0 Å². The van der Waals surface area contributed by atoms with Gasteiger partial charge in [0.15, 0.2) is 0 Å². The number of phenols is 1. The van der Waals surface area contributed by atoms with Gasteiger partial charge in [-0.1, -0.05) is 61.5 Å². The van der Waals surface area contributed by atoms with Crippen LogP contribution in [0.25, 0.3) is 11.1 Å². The van der Waals surface area contributed by atoms with E-state index in [0.29, 0.717) is 17.8 Å². The molecule has 3 aromatic rings. The molecule has 0 fully saturated rings. The highest BCUT2D eigenvalue weighted by atomic mass is 16.3. The third kappa shape index (κ3) is 5.73. The van der Waals surface area contributed by atoms with Gasteiger partial charge in [0.2, 0.25) is 0 Å². The van der Waals surface area contributed by atoms with E-state index in [9.17, 15) is 9.90 Å². The van der Waals surface area contributed by atoms with Gasteiger partial charge in [0.1, 0.15) is 5.75 Å². The van der Waals surface area contributed by atoms with Gasteiger partial charge in [-0.05, 0) is 36.7 Å². The summed E-state index contributed by atoms with van der Waals surface area (Å²) in [5, 5.41) is 13.1. The molecule has 2 aromatic carbocycles. The molecule has 6 heteroatoms. The van der Waals surface area contributed by atoms with Gasteiger partial charge in [-0.2, -0.15) is 0 Å². The first-order chi connectivity index (χ1) is 15.9. The topological polar surface area (TPSA) is 78.4 Å². The van der Waals surface area contributed by atoms with E-state index in [4.69, 9.17) is 0 Å². The second-order valence-electron chi connectivity index (χ2n) is 8.77. The molecular weight excluding hydrogens is 412 g/mol. The van der Waals surface area contributed by atoms with Gasteiger partial charge < -0.3 is 10.4 Å². The highest BCUT2D eigenvalue weighted by Gasteiger charge is 2.26. The number of allylic oxidation sites excluding steroid dienone is 1. The molecule has 1 heterocycles. The molecule has 33 heavy (non-hydrogen) atoms. The van der Waals surface area contributed by atoms with E-state index in [2.05, 4.69) is 40.2 Å². The summed E-state index contributed by atoms with van der Waals surface area (Å²) in [4.78, 5) is 23.5. The van der Waals surface area contributed by atoms with Crippen LogP contribution in [0.4, 0.5) is 5.69 Å². The number of aromatic nitrogens is 2. The van der Waals surface area contributed by atoms with Crippen molar-refractivity contribution in [2.24, 2.45) is 5.41 Å². The van der Waals surface area contributed by atoms with Gasteiger partial charge in [-0.3, -0.25) is 19.7 Å². The Balaban J connectivity index is 1.39. The number of aromatic hydroxyl groups is 1. The van der Waals surface area contributed by atoms with Crippen molar-refractivity contribution in [3.8, 4) is 16.9 Å². The van der Waals surface area contributed by atoms with Gasteiger partial charge in [0.25, 0.3) is 5.91 Å². The van der Waals surface area contributed by atoms with Crippen molar-refractivity contribution in [1.29, 1.82) is 0 Å². The van der Waals surface area contributed by atoms with Crippen LogP contribution in [0.15, 0.2) is 90.9 Å². The number of phenolic OH excluding ortho intramolecular Hbond substituents is 1. The Morgan fingerprint density at radius 3 is 2.67 bits per heavy atom. The van der Waals surface area contributed by atoms with Crippen molar-refractivity contribution in [1.82, 2.24) is 14.9 Å². The second-order valence-corrected chi connectivity index (χ2v) is 8.77. The van der Waals surface area contributed by atoms with Crippen molar-refractivity contribution in [3.63, 3.8) is 0 Å². The molecule has 0 saturated carbocycles. The van der Waals surface area contributed by atoms with E-state index in [-0.39, 0.29) is 17.1 Å². The van der Waals surface area contributed by atoms with Crippen LogP contribution in [-0.4, -0.2) is 39.5 Å². The first-order valence-corrected chi connectivity index (χ1v) is 10.9. The first-order valence-electron chi connectivity index (χ1n) is 10.9. The number of benzene rings is 2. The van der Waals surface area contributed by atoms with Crippen LogP contribution in [0, 0.1) is 5.41 Å². The van der Waals surface area contributed by atoms with E-state index in [1.165, 1.54) is 0 Å². The summed E-state index contributed by atoms with van der Waals surface area (Å²) < 4.78 is 0. The maximum Gasteiger partial charge on any atom is 0.255 e. The Bertz CT molecular complexity index is 1180. The molecule has 1 aliphatic rings. The molecule has 168 valence electrons. The van der Waals surface area contributed by atoms with E-state index < -0.39 is 0 Å². The predicted octanol–water partition coefficient (Wildman–Crippen LogP) is 4.81. The first kappa shape index (κ1) is 22.4. The molecule has 0 saturated heterocycles. The maximum atomic E-state index is 12.9. The molecule has 0 bridgehead atoms. The minimum Gasteiger partial charge on any atom is -0.506 e.